The molecule has 0 aliphatic carbocycles. The summed E-state index contributed by atoms with van der Waals surface area (Å²) in [6, 6.07) is 12.1. The van der Waals surface area contributed by atoms with Crippen molar-refractivity contribution in [3.8, 4) is 17.2 Å². The molecule has 0 saturated heterocycles. The molecule has 0 unspecified atom stereocenters. The van der Waals surface area contributed by atoms with Crippen LogP contribution < -0.4 is 25.1 Å². The summed E-state index contributed by atoms with van der Waals surface area (Å²) in [5, 5.41) is 3.61. The summed E-state index contributed by atoms with van der Waals surface area (Å²) >= 11 is 0. The van der Waals surface area contributed by atoms with E-state index in [-0.39, 0.29) is 24.8 Å². The zero-order valence-corrected chi connectivity index (χ0v) is 14.0. The number of aromatic nitrogens is 1. The van der Waals surface area contributed by atoms with Gasteiger partial charge in [0.15, 0.2) is 11.5 Å². The van der Waals surface area contributed by atoms with E-state index in [1.165, 1.54) is 0 Å². The lowest BCUT2D eigenvalue weighted by atomic mass is 10.1. The molecule has 4 rings (SSSR count). The van der Waals surface area contributed by atoms with Gasteiger partial charge in [0.25, 0.3) is 11.5 Å². The Morgan fingerprint density at radius 3 is 2.85 bits per heavy atom. The first-order chi connectivity index (χ1) is 12.6. The van der Waals surface area contributed by atoms with Crippen LogP contribution in [-0.4, -0.2) is 24.8 Å². The van der Waals surface area contributed by atoms with Crippen molar-refractivity contribution in [2.75, 3.05) is 13.9 Å². The van der Waals surface area contributed by atoms with Crippen molar-refractivity contribution in [2.24, 2.45) is 0 Å². The highest BCUT2D eigenvalue weighted by Crippen LogP contribution is 2.32. The van der Waals surface area contributed by atoms with Crippen molar-refractivity contribution in [3.63, 3.8) is 0 Å². The number of fused-ring (bicyclic) bond motifs is 2. The summed E-state index contributed by atoms with van der Waals surface area (Å²) in [6.45, 7) is 0.266. The van der Waals surface area contributed by atoms with Crippen LogP contribution in [0, 0.1) is 0 Å². The van der Waals surface area contributed by atoms with Crippen LogP contribution in [0.3, 0.4) is 0 Å². The van der Waals surface area contributed by atoms with Crippen LogP contribution in [0.1, 0.15) is 15.9 Å². The summed E-state index contributed by atoms with van der Waals surface area (Å²) in [6.07, 6.45) is 0. The first-order valence-electron chi connectivity index (χ1n) is 8.02. The third kappa shape index (κ3) is 2.95. The Hall–Kier alpha value is -3.48. The van der Waals surface area contributed by atoms with E-state index in [1.807, 2.05) is 12.1 Å². The molecule has 2 heterocycles. The maximum Gasteiger partial charge on any atom is 0.253 e. The summed E-state index contributed by atoms with van der Waals surface area (Å²) in [4.78, 5) is 27.4. The third-order valence-electron chi connectivity index (χ3n) is 4.20. The molecule has 2 aromatic carbocycles. The highest BCUT2D eigenvalue weighted by molar-refractivity contribution is 5.95. The second kappa shape index (κ2) is 6.44. The average Bonchev–Trinajstić information content (AvgIpc) is 3.13. The fourth-order valence-electron chi connectivity index (χ4n) is 2.80. The van der Waals surface area contributed by atoms with E-state index >= 15 is 0 Å². The van der Waals surface area contributed by atoms with Crippen LogP contribution in [0.5, 0.6) is 17.2 Å². The monoisotopic (exact) mass is 352 g/mol. The summed E-state index contributed by atoms with van der Waals surface area (Å²) < 4.78 is 15.7. The molecule has 132 valence electrons. The number of hydrogen-bond acceptors (Lipinski definition) is 5. The SMILES string of the molecule is COc1ccc2cc(CNC(=O)c3ccc4c(c3)OCO4)c(=O)[nH]c2c1. The van der Waals surface area contributed by atoms with Crippen molar-refractivity contribution in [1.82, 2.24) is 10.3 Å². The highest BCUT2D eigenvalue weighted by Gasteiger charge is 2.16. The molecular weight excluding hydrogens is 336 g/mol. The molecule has 0 saturated carbocycles. The highest BCUT2D eigenvalue weighted by atomic mass is 16.7. The summed E-state index contributed by atoms with van der Waals surface area (Å²) in [7, 11) is 1.57. The summed E-state index contributed by atoms with van der Waals surface area (Å²) in [5.41, 5.74) is 1.34. The Labute approximate surface area is 148 Å². The van der Waals surface area contributed by atoms with Crippen molar-refractivity contribution >= 4 is 16.8 Å². The first-order valence-corrected chi connectivity index (χ1v) is 8.02. The molecule has 3 aromatic rings. The zero-order chi connectivity index (χ0) is 18.1. The van der Waals surface area contributed by atoms with Crippen molar-refractivity contribution in [2.45, 2.75) is 6.54 Å². The van der Waals surface area contributed by atoms with Crippen LogP contribution in [0.15, 0.2) is 47.3 Å². The van der Waals surface area contributed by atoms with Gasteiger partial charge in [0, 0.05) is 23.7 Å². The van der Waals surface area contributed by atoms with Crippen LogP contribution in [0.25, 0.3) is 10.9 Å². The minimum atomic E-state index is -0.294. The largest absolute Gasteiger partial charge is 0.497 e. The molecular formula is C19H16N2O5. The number of pyridine rings is 1. The number of amides is 1. The average molecular weight is 352 g/mol. The Morgan fingerprint density at radius 1 is 1.15 bits per heavy atom. The van der Waals surface area contributed by atoms with Gasteiger partial charge in [-0.05, 0) is 41.8 Å². The summed E-state index contributed by atoms with van der Waals surface area (Å²) in [5.74, 6) is 1.52. The van der Waals surface area contributed by atoms with E-state index in [0.29, 0.717) is 33.9 Å². The standard InChI is InChI=1S/C19H16N2O5/c1-24-14-4-2-11-6-13(19(23)21-15(11)8-14)9-20-18(22)12-3-5-16-17(7-12)26-10-25-16/h2-8H,9-10H2,1H3,(H,20,22)(H,21,23). The number of benzene rings is 2. The molecule has 2 N–H and O–H groups in total. The lowest BCUT2D eigenvalue weighted by molar-refractivity contribution is 0.0950. The number of H-pyrrole nitrogens is 1. The Bertz CT molecular complexity index is 1060. The second-order valence-corrected chi connectivity index (χ2v) is 5.83. The number of ether oxygens (including phenoxy) is 3. The number of aromatic amines is 1. The maximum atomic E-state index is 12.3. The van der Waals surface area contributed by atoms with E-state index in [9.17, 15) is 9.59 Å². The van der Waals surface area contributed by atoms with E-state index in [0.717, 1.165) is 5.39 Å². The molecule has 26 heavy (non-hydrogen) atoms. The van der Waals surface area contributed by atoms with Gasteiger partial charge < -0.3 is 24.5 Å². The molecule has 0 fully saturated rings. The molecule has 0 atom stereocenters. The Kier molecular flexibility index (Phi) is 3.96. The van der Waals surface area contributed by atoms with Gasteiger partial charge in [0.05, 0.1) is 12.6 Å². The Morgan fingerprint density at radius 2 is 2.00 bits per heavy atom. The van der Waals surface area contributed by atoms with Gasteiger partial charge in [-0.1, -0.05) is 0 Å². The van der Waals surface area contributed by atoms with Gasteiger partial charge in [-0.2, -0.15) is 0 Å². The minimum Gasteiger partial charge on any atom is -0.497 e. The van der Waals surface area contributed by atoms with Gasteiger partial charge in [-0.3, -0.25) is 9.59 Å². The zero-order valence-electron chi connectivity index (χ0n) is 14.0. The van der Waals surface area contributed by atoms with E-state index < -0.39 is 0 Å². The molecule has 7 nitrogen and oxygen atoms in total. The molecule has 0 spiro atoms. The normalized spacial score (nSPS) is 12.2. The van der Waals surface area contributed by atoms with Crippen LogP contribution in [-0.2, 0) is 6.54 Å². The van der Waals surface area contributed by atoms with Gasteiger partial charge >= 0.3 is 0 Å². The van der Waals surface area contributed by atoms with E-state index in [1.54, 1.807) is 37.4 Å². The lowest BCUT2D eigenvalue weighted by Crippen LogP contribution is -2.26. The van der Waals surface area contributed by atoms with Gasteiger partial charge in [0.1, 0.15) is 5.75 Å². The number of rotatable bonds is 4. The molecule has 0 radical (unpaired) electrons. The van der Waals surface area contributed by atoms with E-state index in [2.05, 4.69) is 10.3 Å². The topological polar surface area (TPSA) is 89.7 Å². The predicted octanol–water partition coefficient (Wildman–Crippen LogP) is 2.20. The molecule has 1 amide bonds. The predicted molar refractivity (Wildman–Crippen MR) is 94.9 cm³/mol. The molecule has 1 aliphatic rings. The van der Waals surface area contributed by atoms with Crippen LogP contribution >= 0.6 is 0 Å². The van der Waals surface area contributed by atoms with E-state index in [4.69, 9.17) is 14.2 Å². The third-order valence-corrected chi connectivity index (χ3v) is 4.20. The minimum absolute atomic E-state index is 0.116. The molecule has 7 heteroatoms. The van der Waals surface area contributed by atoms with Crippen LogP contribution in [0.2, 0.25) is 0 Å². The number of nitrogens with one attached hydrogen (secondary N) is 2. The lowest BCUT2D eigenvalue weighted by Gasteiger charge is -2.08. The fraction of sp³-hybridized carbons (Fsp3) is 0.158. The molecule has 1 aliphatic heterocycles. The van der Waals surface area contributed by atoms with Crippen molar-refractivity contribution in [3.05, 3.63) is 63.9 Å². The quantitative estimate of drug-likeness (QED) is 0.751. The van der Waals surface area contributed by atoms with Crippen molar-refractivity contribution < 1.29 is 19.0 Å². The van der Waals surface area contributed by atoms with Crippen molar-refractivity contribution in [1.29, 1.82) is 0 Å². The first kappa shape index (κ1) is 16.0. The van der Waals surface area contributed by atoms with Gasteiger partial charge in [-0.25, -0.2) is 0 Å². The smallest absolute Gasteiger partial charge is 0.253 e. The number of carbonyl (C=O) groups excluding carboxylic acids is 1. The molecule has 1 aromatic heterocycles. The number of hydrogen-bond donors (Lipinski definition) is 2. The van der Waals surface area contributed by atoms with Gasteiger partial charge in [-0.15, -0.1) is 0 Å². The van der Waals surface area contributed by atoms with Crippen LogP contribution in [0.4, 0.5) is 0 Å². The van der Waals surface area contributed by atoms with Gasteiger partial charge in [0.2, 0.25) is 6.79 Å². The maximum absolute atomic E-state index is 12.3. The molecule has 0 bridgehead atoms. The number of methoxy groups -OCH3 is 1. The fourth-order valence-corrected chi connectivity index (χ4v) is 2.80. The Balaban J connectivity index is 1.53. The number of carbonyl (C=O) groups is 1. The second-order valence-electron chi connectivity index (χ2n) is 5.83.